The van der Waals surface area contributed by atoms with Crippen molar-refractivity contribution < 1.29 is 0 Å². The van der Waals surface area contributed by atoms with Crippen LogP contribution < -0.4 is 10.2 Å². The van der Waals surface area contributed by atoms with E-state index in [2.05, 4.69) is 28.2 Å². The first-order valence-electron chi connectivity index (χ1n) is 6.69. The van der Waals surface area contributed by atoms with Gasteiger partial charge in [-0.1, -0.05) is 13.0 Å². The summed E-state index contributed by atoms with van der Waals surface area (Å²) in [6, 6.07) is 8.29. The van der Waals surface area contributed by atoms with Crippen molar-refractivity contribution >= 4 is 5.82 Å². The Morgan fingerprint density at radius 2 is 2.44 bits per heavy atom. The molecule has 4 heteroatoms. The highest BCUT2D eigenvalue weighted by Gasteiger charge is 2.21. The smallest absolute Gasteiger partial charge is 0.142 e. The molecule has 1 atom stereocenters. The predicted molar refractivity (Wildman–Crippen MR) is 72.5 cm³/mol. The van der Waals surface area contributed by atoms with E-state index in [9.17, 15) is 0 Å². The lowest BCUT2D eigenvalue weighted by Gasteiger charge is -2.35. The van der Waals surface area contributed by atoms with E-state index >= 15 is 0 Å². The average Bonchev–Trinajstić information content (AvgIpc) is 2.46. The first-order chi connectivity index (χ1) is 8.85. The Hall–Kier alpha value is -1.60. The van der Waals surface area contributed by atoms with Gasteiger partial charge in [-0.15, -0.1) is 0 Å². The van der Waals surface area contributed by atoms with Gasteiger partial charge in [-0.05, 0) is 37.9 Å². The van der Waals surface area contributed by atoms with Crippen molar-refractivity contribution in [1.29, 1.82) is 5.26 Å². The fourth-order valence-electron chi connectivity index (χ4n) is 2.47. The maximum atomic E-state index is 8.94. The van der Waals surface area contributed by atoms with Crippen LogP contribution in [0.1, 0.15) is 31.9 Å². The molecule has 1 aromatic rings. The quantitative estimate of drug-likeness (QED) is 0.879. The van der Waals surface area contributed by atoms with Gasteiger partial charge in [0.1, 0.15) is 17.6 Å². The molecule has 1 N–H and O–H groups in total. The van der Waals surface area contributed by atoms with E-state index in [1.165, 1.54) is 12.8 Å². The van der Waals surface area contributed by atoms with E-state index in [0.717, 1.165) is 31.9 Å². The lowest BCUT2D eigenvalue weighted by molar-refractivity contribution is 0.429. The van der Waals surface area contributed by atoms with Crippen LogP contribution >= 0.6 is 0 Å². The Morgan fingerprint density at radius 3 is 3.11 bits per heavy atom. The molecule has 1 aromatic heterocycles. The first kappa shape index (κ1) is 12.8. The molecule has 0 saturated carbocycles. The summed E-state index contributed by atoms with van der Waals surface area (Å²) in [4.78, 5) is 6.76. The van der Waals surface area contributed by atoms with Gasteiger partial charge < -0.3 is 10.2 Å². The van der Waals surface area contributed by atoms with Crippen LogP contribution in [0.3, 0.4) is 0 Å². The van der Waals surface area contributed by atoms with Gasteiger partial charge in [0.05, 0.1) is 0 Å². The molecule has 2 heterocycles. The fourth-order valence-corrected chi connectivity index (χ4v) is 2.47. The standard InChI is InChI=1S/C14H20N4/c1-2-9-18(13-6-4-8-16-11-13)14-7-3-5-12(10-15)17-14/h3,5,7,13,16H,2,4,6,8-9,11H2,1H3. The Balaban J connectivity index is 2.19. The largest absolute Gasteiger partial charge is 0.352 e. The van der Waals surface area contributed by atoms with Crippen LogP contribution in [0, 0.1) is 11.3 Å². The van der Waals surface area contributed by atoms with Gasteiger partial charge in [-0.3, -0.25) is 0 Å². The van der Waals surface area contributed by atoms with Crippen LogP contribution in [-0.4, -0.2) is 30.7 Å². The topological polar surface area (TPSA) is 52.0 Å². The number of aromatic nitrogens is 1. The summed E-state index contributed by atoms with van der Waals surface area (Å²) in [5, 5.41) is 12.4. The molecule has 18 heavy (non-hydrogen) atoms. The molecule has 1 unspecified atom stereocenters. The monoisotopic (exact) mass is 244 g/mol. The summed E-state index contributed by atoms with van der Waals surface area (Å²) in [5.41, 5.74) is 0.498. The molecule has 0 amide bonds. The number of nitrogens with zero attached hydrogens (tertiary/aromatic N) is 3. The Kier molecular flexibility index (Phi) is 4.54. The van der Waals surface area contributed by atoms with E-state index in [4.69, 9.17) is 5.26 Å². The molecule has 1 aliphatic heterocycles. The SMILES string of the molecule is CCCN(c1cccc(C#N)n1)C1CCCNC1. The maximum Gasteiger partial charge on any atom is 0.142 e. The van der Waals surface area contributed by atoms with Crippen LogP contribution in [0.25, 0.3) is 0 Å². The van der Waals surface area contributed by atoms with Gasteiger partial charge in [0.15, 0.2) is 0 Å². The van der Waals surface area contributed by atoms with Crippen LogP contribution in [0.15, 0.2) is 18.2 Å². The van der Waals surface area contributed by atoms with Gasteiger partial charge in [-0.2, -0.15) is 5.26 Å². The third-order valence-corrected chi connectivity index (χ3v) is 3.32. The van der Waals surface area contributed by atoms with Crippen LogP contribution in [-0.2, 0) is 0 Å². The average molecular weight is 244 g/mol. The summed E-state index contributed by atoms with van der Waals surface area (Å²) < 4.78 is 0. The summed E-state index contributed by atoms with van der Waals surface area (Å²) in [7, 11) is 0. The summed E-state index contributed by atoms with van der Waals surface area (Å²) in [5.74, 6) is 0.935. The van der Waals surface area contributed by atoms with E-state index in [-0.39, 0.29) is 0 Å². The second kappa shape index (κ2) is 6.36. The van der Waals surface area contributed by atoms with Crippen molar-refractivity contribution in [3.05, 3.63) is 23.9 Å². The molecule has 1 aliphatic rings. The number of hydrogen-bond donors (Lipinski definition) is 1. The lowest BCUT2D eigenvalue weighted by atomic mass is 10.1. The van der Waals surface area contributed by atoms with Gasteiger partial charge in [0.2, 0.25) is 0 Å². The number of nitriles is 1. The molecule has 0 aliphatic carbocycles. The molecule has 1 fully saturated rings. The third kappa shape index (κ3) is 2.99. The molecule has 0 aromatic carbocycles. The van der Waals surface area contributed by atoms with Gasteiger partial charge >= 0.3 is 0 Å². The van der Waals surface area contributed by atoms with E-state index in [1.807, 2.05) is 12.1 Å². The molecular weight excluding hydrogens is 224 g/mol. The zero-order chi connectivity index (χ0) is 12.8. The predicted octanol–water partition coefficient (Wildman–Crippen LogP) is 1.92. The molecule has 4 nitrogen and oxygen atoms in total. The minimum atomic E-state index is 0.498. The molecule has 0 bridgehead atoms. The number of nitrogens with one attached hydrogen (secondary N) is 1. The van der Waals surface area contributed by atoms with Crippen molar-refractivity contribution in [3.8, 4) is 6.07 Å². The van der Waals surface area contributed by atoms with Gasteiger partial charge in [0, 0.05) is 19.1 Å². The Bertz CT molecular complexity index is 418. The van der Waals surface area contributed by atoms with Crippen molar-refractivity contribution in [2.45, 2.75) is 32.2 Å². The summed E-state index contributed by atoms with van der Waals surface area (Å²) in [6.45, 7) is 5.30. The van der Waals surface area contributed by atoms with Crippen molar-refractivity contribution in [1.82, 2.24) is 10.3 Å². The second-order valence-electron chi connectivity index (χ2n) is 4.69. The van der Waals surface area contributed by atoms with Gasteiger partial charge in [0.25, 0.3) is 0 Å². The minimum absolute atomic E-state index is 0.498. The maximum absolute atomic E-state index is 8.94. The summed E-state index contributed by atoms with van der Waals surface area (Å²) >= 11 is 0. The minimum Gasteiger partial charge on any atom is -0.352 e. The van der Waals surface area contributed by atoms with Crippen molar-refractivity contribution in [2.24, 2.45) is 0 Å². The molecule has 2 rings (SSSR count). The second-order valence-corrected chi connectivity index (χ2v) is 4.69. The number of hydrogen-bond acceptors (Lipinski definition) is 4. The number of rotatable bonds is 4. The van der Waals surface area contributed by atoms with Crippen LogP contribution in [0.2, 0.25) is 0 Å². The highest BCUT2D eigenvalue weighted by atomic mass is 15.2. The normalized spacial score (nSPS) is 19.2. The van der Waals surface area contributed by atoms with E-state index in [0.29, 0.717) is 11.7 Å². The van der Waals surface area contributed by atoms with Crippen LogP contribution in [0.4, 0.5) is 5.82 Å². The number of anilines is 1. The zero-order valence-corrected chi connectivity index (χ0v) is 10.9. The van der Waals surface area contributed by atoms with Crippen molar-refractivity contribution in [2.75, 3.05) is 24.5 Å². The first-order valence-corrected chi connectivity index (χ1v) is 6.69. The molecule has 0 radical (unpaired) electrons. The van der Waals surface area contributed by atoms with Gasteiger partial charge in [-0.25, -0.2) is 4.98 Å². The highest BCUT2D eigenvalue weighted by Crippen LogP contribution is 2.19. The molecular formula is C14H20N4. The van der Waals surface area contributed by atoms with Crippen LogP contribution in [0.5, 0.6) is 0 Å². The fraction of sp³-hybridized carbons (Fsp3) is 0.571. The zero-order valence-electron chi connectivity index (χ0n) is 10.9. The molecule has 1 saturated heterocycles. The molecule has 0 spiro atoms. The molecule has 96 valence electrons. The highest BCUT2D eigenvalue weighted by molar-refractivity contribution is 5.43. The van der Waals surface area contributed by atoms with E-state index < -0.39 is 0 Å². The number of pyridine rings is 1. The van der Waals surface area contributed by atoms with Crippen molar-refractivity contribution in [3.63, 3.8) is 0 Å². The summed E-state index contributed by atoms with van der Waals surface area (Å²) in [6.07, 6.45) is 3.50. The lowest BCUT2D eigenvalue weighted by Crippen LogP contribution is -2.46. The third-order valence-electron chi connectivity index (χ3n) is 3.32. The Morgan fingerprint density at radius 1 is 1.56 bits per heavy atom. The number of piperidine rings is 1. The Labute approximate surface area is 109 Å². The van der Waals surface area contributed by atoms with E-state index in [1.54, 1.807) is 6.07 Å².